The van der Waals surface area contributed by atoms with Crippen LogP contribution in [0.15, 0.2) is 45.7 Å². The van der Waals surface area contributed by atoms with E-state index in [2.05, 4.69) is 9.68 Å². The summed E-state index contributed by atoms with van der Waals surface area (Å²) in [5, 5.41) is 3.69. The number of nitrogens with zero attached hydrogens (tertiary/aromatic N) is 1. The van der Waals surface area contributed by atoms with Crippen molar-refractivity contribution in [2.24, 2.45) is 0 Å². The number of rotatable bonds is 2. The Labute approximate surface area is 87.4 Å². The van der Waals surface area contributed by atoms with Gasteiger partial charge >= 0.3 is 5.63 Å². The third-order valence-corrected chi connectivity index (χ3v) is 2.27. The molecule has 0 radical (unpaired) electrons. The molecule has 1 aromatic carbocycles. The molecule has 0 amide bonds. The number of aryl methyl sites for hydroxylation is 1. The Bertz CT molecular complexity index is 503. The summed E-state index contributed by atoms with van der Waals surface area (Å²) in [5.41, 5.74) is 2.44. The highest BCUT2D eigenvalue weighted by atomic mass is 16.5. The van der Waals surface area contributed by atoms with E-state index in [-0.39, 0.29) is 0 Å². The van der Waals surface area contributed by atoms with E-state index < -0.39 is 5.63 Å². The standard InChI is InChI=1S/C12H11NO2/c1-9-11(8-12(14)15-13-9)7-10-5-3-2-4-6-10/h2-6,8H,7H2,1H3. The molecule has 0 aliphatic rings. The molecule has 0 spiro atoms. The molecule has 0 atom stereocenters. The molecule has 0 saturated carbocycles. The van der Waals surface area contributed by atoms with E-state index in [0.29, 0.717) is 6.42 Å². The molecule has 2 rings (SSSR count). The molecular weight excluding hydrogens is 190 g/mol. The maximum absolute atomic E-state index is 11.0. The van der Waals surface area contributed by atoms with Gasteiger partial charge < -0.3 is 4.52 Å². The van der Waals surface area contributed by atoms with Crippen LogP contribution in [0.1, 0.15) is 16.8 Å². The molecule has 1 aromatic heterocycles. The van der Waals surface area contributed by atoms with Crippen LogP contribution in [0.3, 0.4) is 0 Å². The summed E-state index contributed by atoms with van der Waals surface area (Å²) in [6.45, 7) is 1.83. The first-order valence-electron chi connectivity index (χ1n) is 4.76. The molecule has 1 heterocycles. The first-order valence-corrected chi connectivity index (χ1v) is 4.76. The molecule has 0 aliphatic heterocycles. The van der Waals surface area contributed by atoms with Gasteiger partial charge in [-0.3, -0.25) is 0 Å². The van der Waals surface area contributed by atoms with Gasteiger partial charge in [0.2, 0.25) is 0 Å². The van der Waals surface area contributed by atoms with E-state index in [0.717, 1.165) is 16.8 Å². The van der Waals surface area contributed by atoms with Crippen LogP contribution in [0, 0.1) is 6.92 Å². The predicted molar refractivity (Wildman–Crippen MR) is 56.8 cm³/mol. The predicted octanol–water partition coefficient (Wildman–Crippen LogP) is 1.93. The van der Waals surface area contributed by atoms with Gasteiger partial charge in [0.25, 0.3) is 0 Å². The largest absolute Gasteiger partial charge is 0.358 e. The fourth-order valence-electron chi connectivity index (χ4n) is 1.44. The van der Waals surface area contributed by atoms with E-state index >= 15 is 0 Å². The Kier molecular flexibility index (Phi) is 2.63. The molecule has 15 heavy (non-hydrogen) atoms. The number of benzene rings is 1. The Morgan fingerprint density at radius 1 is 1.27 bits per heavy atom. The van der Waals surface area contributed by atoms with E-state index in [1.54, 1.807) is 0 Å². The normalized spacial score (nSPS) is 10.2. The van der Waals surface area contributed by atoms with Crippen LogP contribution in [0.4, 0.5) is 0 Å². The second-order valence-electron chi connectivity index (χ2n) is 3.42. The van der Waals surface area contributed by atoms with Crippen molar-refractivity contribution in [3.05, 3.63) is 63.6 Å². The van der Waals surface area contributed by atoms with E-state index in [9.17, 15) is 4.79 Å². The fraction of sp³-hybridized carbons (Fsp3) is 0.167. The lowest BCUT2D eigenvalue weighted by atomic mass is 10.1. The highest BCUT2D eigenvalue weighted by Crippen LogP contribution is 2.09. The van der Waals surface area contributed by atoms with Crippen LogP contribution in [0.5, 0.6) is 0 Å². The summed E-state index contributed by atoms with van der Waals surface area (Å²) in [4.78, 5) is 11.0. The van der Waals surface area contributed by atoms with Gasteiger partial charge in [-0.15, -0.1) is 0 Å². The number of hydrogen-bond donors (Lipinski definition) is 0. The van der Waals surface area contributed by atoms with Crippen molar-refractivity contribution in [1.29, 1.82) is 0 Å². The van der Waals surface area contributed by atoms with Crippen molar-refractivity contribution in [2.45, 2.75) is 13.3 Å². The molecule has 0 saturated heterocycles. The van der Waals surface area contributed by atoms with Crippen molar-refractivity contribution in [2.75, 3.05) is 0 Å². The second kappa shape index (κ2) is 4.09. The maximum Gasteiger partial charge on any atom is 0.358 e. The topological polar surface area (TPSA) is 43.1 Å². The Morgan fingerprint density at radius 2 is 2.00 bits per heavy atom. The highest BCUT2D eigenvalue weighted by molar-refractivity contribution is 5.26. The molecule has 3 nitrogen and oxygen atoms in total. The molecule has 0 unspecified atom stereocenters. The Hall–Kier alpha value is -1.90. The van der Waals surface area contributed by atoms with Gasteiger partial charge in [-0.2, -0.15) is 0 Å². The van der Waals surface area contributed by atoms with Crippen LogP contribution >= 0.6 is 0 Å². The lowest BCUT2D eigenvalue weighted by Gasteiger charge is -2.02. The summed E-state index contributed by atoms with van der Waals surface area (Å²) in [6.07, 6.45) is 0.714. The minimum Gasteiger partial charge on any atom is -0.313 e. The third-order valence-electron chi connectivity index (χ3n) is 2.27. The first-order chi connectivity index (χ1) is 7.25. The maximum atomic E-state index is 11.0. The molecule has 0 N–H and O–H groups in total. The van der Waals surface area contributed by atoms with Gasteiger partial charge in [0, 0.05) is 6.07 Å². The van der Waals surface area contributed by atoms with Gasteiger partial charge in [0.05, 0.1) is 5.69 Å². The van der Waals surface area contributed by atoms with E-state index in [1.807, 2.05) is 37.3 Å². The highest BCUT2D eigenvalue weighted by Gasteiger charge is 2.03. The lowest BCUT2D eigenvalue weighted by molar-refractivity contribution is 0.361. The van der Waals surface area contributed by atoms with Crippen LogP contribution < -0.4 is 5.63 Å². The molecule has 76 valence electrons. The summed E-state index contributed by atoms with van der Waals surface area (Å²) >= 11 is 0. The zero-order valence-corrected chi connectivity index (χ0v) is 8.43. The van der Waals surface area contributed by atoms with Crippen LogP contribution in [-0.4, -0.2) is 5.16 Å². The van der Waals surface area contributed by atoms with Crippen molar-refractivity contribution >= 4 is 0 Å². The van der Waals surface area contributed by atoms with Gasteiger partial charge in [-0.25, -0.2) is 4.79 Å². The quantitative estimate of drug-likeness (QED) is 0.745. The minimum absolute atomic E-state index is 0.397. The van der Waals surface area contributed by atoms with Gasteiger partial charge in [0.1, 0.15) is 0 Å². The fourth-order valence-corrected chi connectivity index (χ4v) is 1.44. The zero-order valence-electron chi connectivity index (χ0n) is 8.43. The first kappa shape index (κ1) is 9.65. The minimum atomic E-state index is -0.397. The lowest BCUT2D eigenvalue weighted by Crippen LogP contribution is -2.04. The van der Waals surface area contributed by atoms with Gasteiger partial charge in [0.15, 0.2) is 0 Å². The van der Waals surface area contributed by atoms with Crippen molar-refractivity contribution in [1.82, 2.24) is 5.16 Å². The summed E-state index contributed by atoms with van der Waals surface area (Å²) in [5.74, 6) is 0. The number of hydrogen-bond acceptors (Lipinski definition) is 3. The van der Waals surface area contributed by atoms with Crippen LogP contribution in [-0.2, 0) is 6.42 Å². The van der Waals surface area contributed by atoms with Crippen LogP contribution in [0.25, 0.3) is 0 Å². The Balaban J connectivity index is 2.32. The Morgan fingerprint density at radius 3 is 2.73 bits per heavy atom. The summed E-state index contributed by atoms with van der Waals surface area (Å²) < 4.78 is 4.53. The van der Waals surface area contributed by atoms with Gasteiger partial charge in [-0.1, -0.05) is 35.5 Å². The SMILES string of the molecule is Cc1noc(=O)cc1Cc1ccccc1. The van der Waals surface area contributed by atoms with E-state index in [1.165, 1.54) is 6.07 Å². The molecule has 2 aromatic rings. The molecular formula is C12H11NO2. The van der Waals surface area contributed by atoms with Crippen molar-refractivity contribution in [3.8, 4) is 0 Å². The monoisotopic (exact) mass is 201 g/mol. The molecule has 3 heteroatoms. The number of aromatic nitrogens is 1. The summed E-state index contributed by atoms with van der Waals surface area (Å²) in [6, 6.07) is 11.5. The molecule has 0 bridgehead atoms. The average molecular weight is 201 g/mol. The third kappa shape index (κ3) is 2.31. The van der Waals surface area contributed by atoms with Crippen molar-refractivity contribution in [3.63, 3.8) is 0 Å². The van der Waals surface area contributed by atoms with Gasteiger partial charge in [-0.05, 0) is 24.5 Å². The summed E-state index contributed by atoms with van der Waals surface area (Å²) in [7, 11) is 0. The smallest absolute Gasteiger partial charge is 0.313 e. The average Bonchev–Trinajstić information content (AvgIpc) is 2.25. The van der Waals surface area contributed by atoms with Crippen LogP contribution in [0.2, 0.25) is 0 Å². The second-order valence-corrected chi connectivity index (χ2v) is 3.42. The zero-order chi connectivity index (χ0) is 10.7. The van der Waals surface area contributed by atoms with Crippen molar-refractivity contribution < 1.29 is 4.52 Å². The van der Waals surface area contributed by atoms with E-state index in [4.69, 9.17) is 0 Å². The molecule has 0 aliphatic carbocycles. The molecule has 0 fully saturated rings.